The molecule has 0 fully saturated rings. The summed E-state index contributed by atoms with van der Waals surface area (Å²) in [6.45, 7) is 0. The van der Waals surface area contributed by atoms with Crippen LogP contribution in [-0.2, 0) is 4.79 Å². The maximum Gasteiger partial charge on any atom is 0.461 e. The smallest absolute Gasteiger partial charge is 0.461 e. The third-order valence-corrected chi connectivity index (χ3v) is 1.71. The van der Waals surface area contributed by atoms with E-state index in [-0.39, 0.29) is 6.08 Å². The Morgan fingerprint density at radius 2 is 1.88 bits per heavy atom. The third-order valence-electron chi connectivity index (χ3n) is 1.71. The second kappa shape index (κ2) is 4.19. The number of allylic oxidation sites excluding steroid dienone is 1. The Kier molecular flexibility index (Phi) is 3.25. The van der Waals surface area contributed by atoms with Crippen LogP contribution in [0.2, 0.25) is 0 Å². The van der Waals surface area contributed by atoms with Gasteiger partial charge in [-0.1, -0.05) is 0 Å². The monoisotopic (exact) mass is 256 g/mol. The summed E-state index contributed by atoms with van der Waals surface area (Å²) < 4.78 is 64.7. The predicted molar refractivity (Wildman–Crippen MR) is 45.3 cm³/mol. The number of carbonyl (C=O) groups excluding carboxylic acids is 1. The van der Waals surface area contributed by atoms with E-state index in [2.05, 4.69) is 4.42 Å². The molecule has 0 aliphatic carbocycles. The van der Waals surface area contributed by atoms with Gasteiger partial charge < -0.3 is 9.52 Å². The highest BCUT2D eigenvalue weighted by atomic mass is 19.4. The molecule has 0 radical (unpaired) electrons. The Morgan fingerprint density at radius 1 is 1.29 bits per heavy atom. The Hall–Kier alpha value is -1.86. The molecular formula is C9H5F5O3. The molecular weight excluding hydrogens is 251 g/mol. The SMILES string of the molecule is O=C(C=C(O)c1ccco1)C(F)(F)C(F)(F)F. The number of halogens is 5. The van der Waals surface area contributed by atoms with Crippen LogP contribution in [0.3, 0.4) is 0 Å². The maximum absolute atomic E-state index is 12.5. The first-order valence-electron chi connectivity index (χ1n) is 4.10. The Balaban J connectivity index is 2.97. The number of aliphatic hydroxyl groups excluding tert-OH is 1. The lowest BCUT2D eigenvalue weighted by molar-refractivity contribution is -0.266. The fourth-order valence-corrected chi connectivity index (χ4v) is 0.850. The number of hydrogen-bond acceptors (Lipinski definition) is 3. The van der Waals surface area contributed by atoms with E-state index in [0.717, 1.165) is 12.3 Å². The van der Waals surface area contributed by atoms with Crippen molar-refractivity contribution in [2.45, 2.75) is 12.1 Å². The van der Waals surface area contributed by atoms with E-state index >= 15 is 0 Å². The Morgan fingerprint density at radius 3 is 2.29 bits per heavy atom. The van der Waals surface area contributed by atoms with E-state index in [9.17, 15) is 26.7 Å². The van der Waals surface area contributed by atoms with Crippen molar-refractivity contribution in [3.05, 3.63) is 30.2 Å². The van der Waals surface area contributed by atoms with Crippen LogP contribution in [0.25, 0.3) is 5.76 Å². The van der Waals surface area contributed by atoms with E-state index in [1.54, 1.807) is 0 Å². The number of alkyl halides is 5. The molecule has 0 amide bonds. The van der Waals surface area contributed by atoms with Crippen molar-refractivity contribution in [2.24, 2.45) is 0 Å². The van der Waals surface area contributed by atoms with Gasteiger partial charge in [0.1, 0.15) is 0 Å². The number of ketones is 1. The molecule has 0 saturated heterocycles. The van der Waals surface area contributed by atoms with Crippen LogP contribution in [0.15, 0.2) is 28.9 Å². The molecule has 1 heterocycles. The molecule has 0 spiro atoms. The highest BCUT2D eigenvalue weighted by Crippen LogP contribution is 2.36. The van der Waals surface area contributed by atoms with Crippen molar-refractivity contribution in [2.75, 3.05) is 0 Å². The number of rotatable bonds is 3. The zero-order valence-electron chi connectivity index (χ0n) is 7.96. The van der Waals surface area contributed by atoms with Gasteiger partial charge in [0, 0.05) is 6.08 Å². The van der Waals surface area contributed by atoms with Gasteiger partial charge in [-0.25, -0.2) is 0 Å². The lowest BCUT2D eigenvalue weighted by Gasteiger charge is -2.16. The topological polar surface area (TPSA) is 50.4 Å². The molecule has 17 heavy (non-hydrogen) atoms. The van der Waals surface area contributed by atoms with Crippen LogP contribution >= 0.6 is 0 Å². The molecule has 94 valence electrons. The van der Waals surface area contributed by atoms with Crippen LogP contribution in [0, 0.1) is 0 Å². The molecule has 0 aliphatic heterocycles. The van der Waals surface area contributed by atoms with E-state index in [1.165, 1.54) is 6.07 Å². The van der Waals surface area contributed by atoms with E-state index in [4.69, 9.17) is 5.11 Å². The van der Waals surface area contributed by atoms with Crippen LogP contribution in [0.4, 0.5) is 22.0 Å². The second-order valence-electron chi connectivity index (χ2n) is 2.94. The summed E-state index contributed by atoms with van der Waals surface area (Å²) in [6, 6.07) is 2.34. The number of furan rings is 1. The molecule has 0 saturated carbocycles. The van der Waals surface area contributed by atoms with Crippen LogP contribution in [0.1, 0.15) is 5.76 Å². The number of aliphatic hydroxyl groups is 1. The van der Waals surface area contributed by atoms with Crippen LogP contribution in [0.5, 0.6) is 0 Å². The third kappa shape index (κ3) is 2.63. The van der Waals surface area contributed by atoms with Gasteiger partial charge in [0.2, 0.25) is 5.78 Å². The fourth-order valence-electron chi connectivity index (χ4n) is 0.850. The van der Waals surface area contributed by atoms with E-state index in [1.807, 2.05) is 0 Å². The average molecular weight is 256 g/mol. The van der Waals surface area contributed by atoms with Crippen LogP contribution in [-0.4, -0.2) is 23.0 Å². The molecule has 0 bridgehead atoms. The van der Waals surface area contributed by atoms with Gasteiger partial charge in [-0.05, 0) is 12.1 Å². The summed E-state index contributed by atoms with van der Waals surface area (Å²) in [4.78, 5) is 10.7. The van der Waals surface area contributed by atoms with Gasteiger partial charge in [-0.2, -0.15) is 22.0 Å². The molecule has 0 atom stereocenters. The lowest BCUT2D eigenvalue weighted by atomic mass is 10.1. The van der Waals surface area contributed by atoms with Gasteiger partial charge in [0.25, 0.3) is 0 Å². The van der Waals surface area contributed by atoms with Crippen molar-refractivity contribution in [3.8, 4) is 0 Å². The highest BCUT2D eigenvalue weighted by Gasteiger charge is 2.62. The molecule has 8 heteroatoms. The minimum atomic E-state index is -6.01. The average Bonchev–Trinajstić information content (AvgIpc) is 2.68. The molecule has 1 N–H and O–H groups in total. The summed E-state index contributed by atoms with van der Waals surface area (Å²) in [6.07, 6.45) is -5.19. The van der Waals surface area contributed by atoms with Crippen molar-refractivity contribution in [3.63, 3.8) is 0 Å². The molecule has 1 aromatic heterocycles. The first-order valence-corrected chi connectivity index (χ1v) is 4.10. The largest absolute Gasteiger partial charge is 0.504 e. The zero-order chi connectivity index (χ0) is 13.3. The second-order valence-corrected chi connectivity index (χ2v) is 2.94. The van der Waals surface area contributed by atoms with E-state index < -0.39 is 29.4 Å². The van der Waals surface area contributed by atoms with E-state index in [0.29, 0.717) is 0 Å². The number of hydrogen-bond donors (Lipinski definition) is 1. The Bertz CT molecular complexity index is 430. The van der Waals surface area contributed by atoms with Gasteiger partial charge in [0.15, 0.2) is 11.5 Å². The van der Waals surface area contributed by atoms with Gasteiger partial charge >= 0.3 is 12.1 Å². The van der Waals surface area contributed by atoms with Crippen molar-refractivity contribution < 1.29 is 36.3 Å². The first kappa shape index (κ1) is 13.2. The molecule has 3 nitrogen and oxygen atoms in total. The maximum atomic E-state index is 12.5. The first-order chi connectivity index (χ1) is 7.66. The molecule has 0 aliphatic rings. The van der Waals surface area contributed by atoms with Gasteiger partial charge in [0.05, 0.1) is 6.26 Å². The summed E-state index contributed by atoms with van der Waals surface area (Å²) in [7, 11) is 0. The van der Waals surface area contributed by atoms with Crippen molar-refractivity contribution >= 4 is 11.5 Å². The fraction of sp³-hybridized carbons (Fsp3) is 0.222. The summed E-state index contributed by atoms with van der Waals surface area (Å²) in [5.41, 5.74) is 0. The normalized spacial score (nSPS) is 13.8. The molecule has 0 unspecified atom stereocenters. The van der Waals surface area contributed by atoms with Crippen molar-refractivity contribution in [1.82, 2.24) is 0 Å². The summed E-state index contributed by atoms with van der Waals surface area (Å²) >= 11 is 0. The highest BCUT2D eigenvalue weighted by molar-refractivity contribution is 6.00. The summed E-state index contributed by atoms with van der Waals surface area (Å²) in [5, 5.41) is 9.05. The van der Waals surface area contributed by atoms with Gasteiger partial charge in [-0.15, -0.1) is 0 Å². The zero-order valence-corrected chi connectivity index (χ0v) is 7.96. The molecule has 1 rings (SSSR count). The lowest BCUT2D eigenvalue weighted by Crippen LogP contribution is -2.43. The summed E-state index contributed by atoms with van der Waals surface area (Å²) in [5.74, 6) is -9.62. The van der Waals surface area contributed by atoms with Crippen LogP contribution < -0.4 is 0 Å². The predicted octanol–water partition coefficient (Wildman–Crippen LogP) is 2.95. The molecule has 1 aromatic rings. The quantitative estimate of drug-likeness (QED) is 0.514. The Labute approximate surface area is 91.1 Å². The van der Waals surface area contributed by atoms with Crippen molar-refractivity contribution in [1.29, 1.82) is 0 Å². The minimum absolute atomic E-state index is 0.230. The standard InChI is InChI=1S/C9H5F5O3/c10-8(11,9(12,13)14)7(16)4-5(15)6-2-1-3-17-6/h1-4,15H. The number of carbonyl (C=O) groups is 1. The van der Waals surface area contributed by atoms with Gasteiger partial charge in [-0.3, -0.25) is 4.79 Å². The molecule has 0 aromatic carbocycles. The minimum Gasteiger partial charge on any atom is -0.504 e.